The van der Waals surface area contributed by atoms with Crippen molar-refractivity contribution in [3.63, 3.8) is 0 Å². The molecule has 1 fully saturated rings. The quantitative estimate of drug-likeness (QED) is 0.709. The van der Waals surface area contributed by atoms with Gasteiger partial charge in [-0.25, -0.2) is 4.79 Å². The van der Waals surface area contributed by atoms with Crippen LogP contribution in [-0.4, -0.2) is 22.2 Å². The normalized spacial score (nSPS) is 15.6. The lowest BCUT2D eigenvalue weighted by Crippen LogP contribution is -2.25. The Hall–Kier alpha value is -1.03. The summed E-state index contributed by atoms with van der Waals surface area (Å²) < 4.78 is 3.70. The number of nitrogens with zero attached hydrogens (tertiary/aromatic N) is 2. The van der Waals surface area contributed by atoms with Crippen LogP contribution < -0.4 is 11.0 Å². The molecule has 1 aromatic rings. The van der Waals surface area contributed by atoms with Crippen LogP contribution in [-0.2, 0) is 6.54 Å². The van der Waals surface area contributed by atoms with Crippen LogP contribution in [0.1, 0.15) is 38.6 Å². The molecule has 1 aromatic heterocycles. The lowest BCUT2D eigenvalue weighted by Gasteiger charge is -2.03. The molecule has 0 spiro atoms. The summed E-state index contributed by atoms with van der Waals surface area (Å²) in [6.07, 6.45) is 8.37. The highest BCUT2D eigenvalue weighted by atomic mass is 16.1. The van der Waals surface area contributed by atoms with Crippen molar-refractivity contribution in [1.82, 2.24) is 14.5 Å². The second kappa shape index (κ2) is 5.34. The molecule has 0 amide bonds. The minimum Gasteiger partial charge on any atom is -0.317 e. The van der Waals surface area contributed by atoms with E-state index in [0.29, 0.717) is 6.04 Å². The van der Waals surface area contributed by atoms with E-state index in [0.717, 1.165) is 32.5 Å². The van der Waals surface area contributed by atoms with E-state index in [4.69, 9.17) is 0 Å². The molecule has 90 valence electrons. The molecule has 1 N–H and O–H groups in total. The molecule has 1 aliphatic carbocycles. The summed E-state index contributed by atoms with van der Waals surface area (Å²) in [6.45, 7) is 5.05. The highest BCUT2D eigenvalue weighted by Crippen LogP contribution is 2.33. The van der Waals surface area contributed by atoms with Crippen LogP contribution in [0.15, 0.2) is 17.2 Å². The van der Waals surface area contributed by atoms with Crippen molar-refractivity contribution in [2.75, 3.05) is 13.1 Å². The van der Waals surface area contributed by atoms with E-state index in [-0.39, 0.29) is 5.69 Å². The third-order valence-corrected chi connectivity index (χ3v) is 2.99. The summed E-state index contributed by atoms with van der Waals surface area (Å²) in [7, 11) is 0. The maximum Gasteiger partial charge on any atom is 0.328 e. The van der Waals surface area contributed by atoms with E-state index in [1.807, 2.05) is 21.5 Å². The maximum atomic E-state index is 11.9. The van der Waals surface area contributed by atoms with Gasteiger partial charge in [-0.15, -0.1) is 0 Å². The highest BCUT2D eigenvalue weighted by Gasteiger charge is 2.25. The van der Waals surface area contributed by atoms with E-state index in [2.05, 4.69) is 12.2 Å². The van der Waals surface area contributed by atoms with E-state index in [1.165, 1.54) is 12.8 Å². The number of rotatable bonds is 7. The topological polar surface area (TPSA) is 39.0 Å². The fourth-order valence-corrected chi connectivity index (χ4v) is 1.91. The third-order valence-electron chi connectivity index (χ3n) is 2.99. The van der Waals surface area contributed by atoms with Crippen LogP contribution in [0.2, 0.25) is 0 Å². The summed E-state index contributed by atoms with van der Waals surface area (Å²) in [6, 6.07) is 0.493. The molecule has 4 nitrogen and oxygen atoms in total. The average molecular weight is 223 g/mol. The molecule has 0 radical (unpaired) electrons. The highest BCUT2D eigenvalue weighted by molar-refractivity contribution is 4.91. The first-order valence-electron chi connectivity index (χ1n) is 6.31. The smallest absolute Gasteiger partial charge is 0.317 e. The van der Waals surface area contributed by atoms with Gasteiger partial charge in [0.25, 0.3) is 0 Å². The SMILES string of the molecule is CCCNCCCn1ccn(C2CC2)c1=O. The molecule has 1 aliphatic rings. The van der Waals surface area contributed by atoms with E-state index in [1.54, 1.807) is 0 Å². The first kappa shape index (κ1) is 11.5. The molecule has 0 bridgehead atoms. The number of aromatic nitrogens is 2. The molecule has 0 saturated heterocycles. The standard InChI is InChI=1S/C12H21N3O/c1-2-6-13-7-3-8-14-9-10-15(12(14)16)11-4-5-11/h9-11,13H,2-8H2,1H3. The van der Waals surface area contributed by atoms with Crippen molar-refractivity contribution in [1.29, 1.82) is 0 Å². The van der Waals surface area contributed by atoms with Crippen LogP contribution in [0, 0.1) is 0 Å². The zero-order valence-electron chi connectivity index (χ0n) is 9.98. The second-order valence-corrected chi connectivity index (χ2v) is 4.52. The lowest BCUT2D eigenvalue weighted by molar-refractivity contribution is 0.556. The number of aryl methyl sites for hydroxylation is 1. The van der Waals surface area contributed by atoms with Crippen molar-refractivity contribution in [2.24, 2.45) is 0 Å². The summed E-state index contributed by atoms with van der Waals surface area (Å²) in [5.74, 6) is 0. The Kier molecular flexibility index (Phi) is 3.83. The van der Waals surface area contributed by atoms with Gasteiger partial charge >= 0.3 is 5.69 Å². The zero-order chi connectivity index (χ0) is 11.4. The van der Waals surface area contributed by atoms with Gasteiger partial charge in [0.2, 0.25) is 0 Å². The molecule has 0 atom stereocenters. The largest absolute Gasteiger partial charge is 0.328 e. The zero-order valence-corrected chi connectivity index (χ0v) is 9.98. The van der Waals surface area contributed by atoms with Gasteiger partial charge in [-0.05, 0) is 38.8 Å². The van der Waals surface area contributed by atoms with E-state index >= 15 is 0 Å². The fourth-order valence-electron chi connectivity index (χ4n) is 1.91. The fraction of sp³-hybridized carbons (Fsp3) is 0.750. The van der Waals surface area contributed by atoms with Crippen molar-refractivity contribution in [3.05, 3.63) is 22.9 Å². The van der Waals surface area contributed by atoms with Crippen LogP contribution in [0.4, 0.5) is 0 Å². The van der Waals surface area contributed by atoms with Gasteiger partial charge in [0, 0.05) is 25.0 Å². The summed E-state index contributed by atoms with van der Waals surface area (Å²) >= 11 is 0. The van der Waals surface area contributed by atoms with Gasteiger partial charge in [0.15, 0.2) is 0 Å². The molecule has 0 aromatic carbocycles. The van der Waals surface area contributed by atoms with Gasteiger partial charge in [-0.3, -0.25) is 9.13 Å². The van der Waals surface area contributed by atoms with E-state index in [9.17, 15) is 4.79 Å². The number of nitrogens with one attached hydrogen (secondary N) is 1. The molecule has 4 heteroatoms. The molecule has 2 rings (SSSR count). The van der Waals surface area contributed by atoms with Crippen LogP contribution >= 0.6 is 0 Å². The Balaban J connectivity index is 1.78. The van der Waals surface area contributed by atoms with Gasteiger partial charge in [0.1, 0.15) is 0 Å². The molecule has 1 heterocycles. The first-order chi connectivity index (χ1) is 7.83. The predicted molar refractivity (Wildman–Crippen MR) is 64.7 cm³/mol. The Morgan fingerprint density at radius 3 is 2.88 bits per heavy atom. The molecule has 0 aliphatic heterocycles. The Labute approximate surface area is 96.3 Å². The van der Waals surface area contributed by atoms with Crippen LogP contribution in [0.25, 0.3) is 0 Å². The average Bonchev–Trinajstić information content (AvgIpc) is 3.05. The first-order valence-corrected chi connectivity index (χ1v) is 6.31. The Morgan fingerprint density at radius 2 is 2.19 bits per heavy atom. The number of hydrogen-bond acceptors (Lipinski definition) is 2. The molecule has 16 heavy (non-hydrogen) atoms. The molecule has 0 unspecified atom stereocenters. The minimum absolute atomic E-state index is 0.165. The van der Waals surface area contributed by atoms with Crippen LogP contribution in [0.3, 0.4) is 0 Å². The van der Waals surface area contributed by atoms with Crippen molar-refractivity contribution < 1.29 is 0 Å². The Bertz CT molecular complexity index is 376. The molecular weight excluding hydrogens is 202 g/mol. The van der Waals surface area contributed by atoms with Gasteiger partial charge < -0.3 is 5.32 Å². The third kappa shape index (κ3) is 2.76. The number of hydrogen-bond donors (Lipinski definition) is 1. The molecular formula is C12H21N3O. The van der Waals surface area contributed by atoms with Crippen molar-refractivity contribution in [2.45, 2.75) is 45.2 Å². The molecule has 1 saturated carbocycles. The maximum absolute atomic E-state index is 11.9. The Morgan fingerprint density at radius 1 is 1.38 bits per heavy atom. The van der Waals surface area contributed by atoms with Gasteiger partial charge in [-0.2, -0.15) is 0 Å². The van der Waals surface area contributed by atoms with Gasteiger partial charge in [-0.1, -0.05) is 6.92 Å². The van der Waals surface area contributed by atoms with Gasteiger partial charge in [0.05, 0.1) is 0 Å². The lowest BCUT2D eigenvalue weighted by atomic mass is 10.4. The monoisotopic (exact) mass is 223 g/mol. The van der Waals surface area contributed by atoms with Crippen molar-refractivity contribution >= 4 is 0 Å². The van der Waals surface area contributed by atoms with Crippen LogP contribution in [0.5, 0.6) is 0 Å². The second-order valence-electron chi connectivity index (χ2n) is 4.52. The summed E-state index contributed by atoms with van der Waals surface area (Å²) in [5, 5.41) is 3.34. The van der Waals surface area contributed by atoms with E-state index < -0.39 is 0 Å². The summed E-state index contributed by atoms with van der Waals surface area (Å²) in [5.41, 5.74) is 0.165. The predicted octanol–water partition coefficient (Wildman–Crippen LogP) is 1.37. The minimum atomic E-state index is 0.165. The summed E-state index contributed by atoms with van der Waals surface area (Å²) in [4.78, 5) is 11.9. The number of imidazole rings is 1. The van der Waals surface area contributed by atoms with Crippen molar-refractivity contribution in [3.8, 4) is 0 Å².